The van der Waals surface area contributed by atoms with Crippen LogP contribution in [0.25, 0.3) is 11.1 Å². The van der Waals surface area contributed by atoms with Crippen molar-refractivity contribution < 1.29 is 9.53 Å². The first kappa shape index (κ1) is 12.7. The Hall–Kier alpha value is -2.35. The van der Waals surface area contributed by atoms with E-state index in [0.29, 0.717) is 11.3 Å². The molecule has 20 heavy (non-hydrogen) atoms. The first-order chi connectivity index (χ1) is 9.65. The van der Waals surface area contributed by atoms with Crippen molar-refractivity contribution in [2.75, 3.05) is 0 Å². The highest BCUT2D eigenvalue weighted by Crippen LogP contribution is 2.35. The average Bonchev–Trinajstić information content (AvgIpc) is 2.46. The van der Waals surface area contributed by atoms with Gasteiger partial charge in [-0.25, -0.2) is 4.79 Å². The van der Waals surface area contributed by atoms with Gasteiger partial charge in [-0.2, -0.15) is 0 Å². The molecule has 3 rings (SSSR count). The number of rotatable bonds is 2. The lowest BCUT2D eigenvalue weighted by molar-refractivity contribution is -0.130. The Kier molecular flexibility index (Phi) is 3.15. The Balaban J connectivity index is 1.96. The first-order valence-electron chi connectivity index (χ1n) is 6.74. The lowest BCUT2D eigenvalue weighted by atomic mass is 9.86. The van der Waals surface area contributed by atoms with Crippen LogP contribution in [0.15, 0.2) is 54.6 Å². The highest BCUT2D eigenvalue weighted by atomic mass is 16.5. The van der Waals surface area contributed by atoms with Crippen LogP contribution in [-0.2, 0) is 17.6 Å². The van der Waals surface area contributed by atoms with Gasteiger partial charge in [0.1, 0.15) is 5.75 Å². The van der Waals surface area contributed by atoms with Crippen molar-refractivity contribution >= 4 is 5.97 Å². The fourth-order valence-electron chi connectivity index (χ4n) is 2.57. The minimum Gasteiger partial charge on any atom is -0.423 e. The first-order valence-corrected chi connectivity index (χ1v) is 6.74. The summed E-state index contributed by atoms with van der Waals surface area (Å²) in [6, 6.07) is 14.3. The standard InChI is InChI=1S/C18H16O2/c1-12(2)18(19)20-15-9-10-17-14(11-15)8-7-13-5-3-4-6-16(13)17/h3-6,9-11H,1,7-8H2,2H3. The van der Waals surface area contributed by atoms with Gasteiger partial charge >= 0.3 is 5.97 Å². The smallest absolute Gasteiger partial charge is 0.338 e. The van der Waals surface area contributed by atoms with Gasteiger partial charge in [-0.3, -0.25) is 0 Å². The summed E-state index contributed by atoms with van der Waals surface area (Å²) in [5.74, 6) is 0.220. The molecule has 2 aromatic rings. The number of aryl methyl sites for hydroxylation is 2. The zero-order valence-corrected chi connectivity index (χ0v) is 11.5. The molecule has 2 nitrogen and oxygen atoms in total. The Morgan fingerprint density at radius 3 is 2.55 bits per heavy atom. The van der Waals surface area contributed by atoms with E-state index in [1.54, 1.807) is 6.92 Å². The second-order valence-corrected chi connectivity index (χ2v) is 5.15. The van der Waals surface area contributed by atoms with Gasteiger partial charge in [0.15, 0.2) is 0 Å². The summed E-state index contributed by atoms with van der Waals surface area (Å²) in [6.45, 7) is 5.24. The summed E-state index contributed by atoms with van der Waals surface area (Å²) in [6.07, 6.45) is 2.01. The van der Waals surface area contributed by atoms with Gasteiger partial charge in [0.05, 0.1) is 0 Å². The van der Waals surface area contributed by atoms with Gasteiger partial charge in [-0.05, 0) is 54.2 Å². The Labute approximate surface area is 118 Å². The molecule has 0 N–H and O–H groups in total. The SMILES string of the molecule is C=C(C)C(=O)Oc1ccc2c(c1)CCc1ccccc1-2. The summed E-state index contributed by atoms with van der Waals surface area (Å²) >= 11 is 0. The second kappa shape index (κ2) is 4.97. The minimum absolute atomic E-state index is 0.374. The predicted octanol–water partition coefficient (Wildman–Crippen LogP) is 3.93. The Bertz CT molecular complexity index is 698. The van der Waals surface area contributed by atoms with E-state index in [4.69, 9.17) is 4.74 Å². The topological polar surface area (TPSA) is 26.3 Å². The second-order valence-electron chi connectivity index (χ2n) is 5.15. The van der Waals surface area contributed by atoms with E-state index in [9.17, 15) is 4.79 Å². The van der Waals surface area contributed by atoms with Gasteiger partial charge in [-0.1, -0.05) is 36.9 Å². The summed E-state index contributed by atoms with van der Waals surface area (Å²) in [4.78, 5) is 11.6. The monoisotopic (exact) mass is 264 g/mol. The zero-order valence-electron chi connectivity index (χ0n) is 11.5. The van der Waals surface area contributed by atoms with E-state index in [1.807, 2.05) is 18.2 Å². The number of benzene rings is 2. The number of fused-ring (bicyclic) bond motifs is 3. The molecule has 0 saturated carbocycles. The number of carbonyl (C=O) groups is 1. The lowest BCUT2D eigenvalue weighted by Crippen LogP contribution is -2.09. The van der Waals surface area contributed by atoms with Crippen molar-refractivity contribution in [2.24, 2.45) is 0 Å². The molecule has 0 amide bonds. The van der Waals surface area contributed by atoms with Gasteiger partial charge in [-0.15, -0.1) is 0 Å². The van der Waals surface area contributed by atoms with Crippen LogP contribution < -0.4 is 4.74 Å². The minimum atomic E-state index is -0.374. The molecule has 0 radical (unpaired) electrons. The van der Waals surface area contributed by atoms with Crippen LogP contribution >= 0.6 is 0 Å². The summed E-state index contributed by atoms with van der Waals surface area (Å²) < 4.78 is 5.29. The average molecular weight is 264 g/mol. The van der Waals surface area contributed by atoms with Gasteiger partial charge < -0.3 is 4.74 Å². The summed E-state index contributed by atoms with van der Waals surface area (Å²) in [7, 11) is 0. The number of hydrogen-bond donors (Lipinski definition) is 0. The molecule has 0 aliphatic heterocycles. The zero-order chi connectivity index (χ0) is 14.1. The van der Waals surface area contributed by atoms with Crippen LogP contribution in [0, 0.1) is 0 Å². The maximum atomic E-state index is 11.6. The fraction of sp³-hybridized carbons (Fsp3) is 0.167. The summed E-state index contributed by atoms with van der Waals surface area (Å²) in [5, 5.41) is 0. The third kappa shape index (κ3) is 2.25. The maximum absolute atomic E-state index is 11.6. The van der Waals surface area contributed by atoms with Crippen molar-refractivity contribution in [1.82, 2.24) is 0 Å². The summed E-state index contributed by atoms with van der Waals surface area (Å²) in [5.41, 5.74) is 5.55. The van der Waals surface area contributed by atoms with Crippen LogP contribution in [0.4, 0.5) is 0 Å². The predicted molar refractivity (Wildman–Crippen MR) is 79.7 cm³/mol. The van der Waals surface area contributed by atoms with Crippen molar-refractivity contribution in [2.45, 2.75) is 19.8 Å². The molecule has 0 aromatic heterocycles. The highest BCUT2D eigenvalue weighted by Gasteiger charge is 2.16. The lowest BCUT2D eigenvalue weighted by Gasteiger charge is -2.20. The number of esters is 1. The van der Waals surface area contributed by atoms with E-state index < -0.39 is 0 Å². The molecule has 2 aromatic carbocycles. The van der Waals surface area contributed by atoms with E-state index in [1.165, 1.54) is 22.3 Å². The van der Waals surface area contributed by atoms with E-state index in [0.717, 1.165) is 12.8 Å². The fourth-order valence-corrected chi connectivity index (χ4v) is 2.57. The van der Waals surface area contributed by atoms with Crippen LogP contribution in [0.5, 0.6) is 5.75 Å². The molecule has 0 bridgehead atoms. The van der Waals surface area contributed by atoms with Gasteiger partial charge in [0.2, 0.25) is 0 Å². The van der Waals surface area contributed by atoms with Crippen LogP contribution in [0.1, 0.15) is 18.1 Å². The van der Waals surface area contributed by atoms with Crippen LogP contribution in [0.2, 0.25) is 0 Å². The molecule has 0 heterocycles. The third-order valence-corrected chi connectivity index (χ3v) is 3.61. The molecule has 2 heteroatoms. The van der Waals surface area contributed by atoms with Crippen molar-refractivity contribution in [3.05, 3.63) is 65.7 Å². The molecule has 1 aliphatic carbocycles. The molecule has 0 atom stereocenters. The molecule has 0 fully saturated rings. The molecule has 1 aliphatic rings. The molecular formula is C18H16O2. The van der Waals surface area contributed by atoms with E-state index in [2.05, 4.69) is 30.8 Å². The Morgan fingerprint density at radius 1 is 1.05 bits per heavy atom. The van der Waals surface area contributed by atoms with Gasteiger partial charge in [0, 0.05) is 5.57 Å². The highest BCUT2D eigenvalue weighted by molar-refractivity contribution is 5.89. The largest absolute Gasteiger partial charge is 0.423 e. The molecule has 0 spiro atoms. The van der Waals surface area contributed by atoms with E-state index >= 15 is 0 Å². The van der Waals surface area contributed by atoms with Gasteiger partial charge in [0.25, 0.3) is 0 Å². The quantitative estimate of drug-likeness (QED) is 0.466. The number of carbonyl (C=O) groups excluding carboxylic acids is 1. The van der Waals surface area contributed by atoms with Crippen molar-refractivity contribution in [3.8, 4) is 16.9 Å². The molecular weight excluding hydrogens is 248 g/mol. The van der Waals surface area contributed by atoms with Crippen molar-refractivity contribution in [1.29, 1.82) is 0 Å². The number of ether oxygens (including phenoxy) is 1. The Morgan fingerprint density at radius 2 is 1.75 bits per heavy atom. The molecule has 0 unspecified atom stereocenters. The van der Waals surface area contributed by atoms with Crippen molar-refractivity contribution in [3.63, 3.8) is 0 Å². The normalized spacial score (nSPS) is 12.2. The van der Waals surface area contributed by atoms with E-state index in [-0.39, 0.29) is 5.97 Å². The molecule has 100 valence electrons. The molecule has 0 saturated heterocycles. The number of hydrogen-bond acceptors (Lipinski definition) is 2. The van der Waals surface area contributed by atoms with Crippen LogP contribution in [0.3, 0.4) is 0 Å². The van der Waals surface area contributed by atoms with Crippen LogP contribution in [-0.4, -0.2) is 5.97 Å². The third-order valence-electron chi connectivity index (χ3n) is 3.61. The maximum Gasteiger partial charge on any atom is 0.338 e.